The fourth-order valence-corrected chi connectivity index (χ4v) is 2.90. The lowest BCUT2D eigenvalue weighted by atomic mass is 10.0. The quantitative estimate of drug-likeness (QED) is 0.153. The minimum Gasteiger partial charge on any atom is -0.276 e. The maximum atomic E-state index is 10.5. The standard InChI is InChI=1S/C20H37ClO/c1-2-3-4-5-6-7-8-9-10-11-12-13-14-15-16-17-18-19-20(21)22/h18-19H,2-17H2,1H3. The lowest BCUT2D eigenvalue weighted by Gasteiger charge is -2.03. The average molecular weight is 329 g/mol. The molecule has 0 fully saturated rings. The van der Waals surface area contributed by atoms with E-state index in [1.54, 1.807) is 0 Å². The molecule has 0 N–H and O–H groups in total. The van der Waals surface area contributed by atoms with Crippen molar-refractivity contribution in [1.29, 1.82) is 0 Å². The van der Waals surface area contributed by atoms with Crippen LogP contribution in [0, 0.1) is 0 Å². The predicted octanol–water partition coefficient (Wildman–Crippen LogP) is 7.57. The van der Waals surface area contributed by atoms with Crippen LogP contribution >= 0.6 is 11.6 Å². The first-order valence-corrected chi connectivity index (χ1v) is 10.0. The van der Waals surface area contributed by atoms with Gasteiger partial charge in [-0.1, -0.05) is 103 Å². The summed E-state index contributed by atoms with van der Waals surface area (Å²) in [6.07, 6.45) is 25.2. The number of halogens is 1. The molecule has 0 aromatic rings. The van der Waals surface area contributed by atoms with E-state index < -0.39 is 0 Å². The van der Waals surface area contributed by atoms with Crippen molar-refractivity contribution in [3.63, 3.8) is 0 Å². The Hall–Kier alpha value is -0.300. The molecule has 0 aliphatic heterocycles. The van der Waals surface area contributed by atoms with Gasteiger partial charge in [-0.3, -0.25) is 4.79 Å². The molecule has 0 saturated heterocycles. The molecule has 0 aliphatic carbocycles. The van der Waals surface area contributed by atoms with Crippen LogP contribution < -0.4 is 0 Å². The molecule has 0 radical (unpaired) electrons. The molecule has 0 bridgehead atoms. The van der Waals surface area contributed by atoms with Crippen molar-refractivity contribution in [3.8, 4) is 0 Å². The highest BCUT2D eigenvalue weighted by molar-refractivity contribution is 6.66. The van der Waals surface area contributed by atoms with E-state index in [2.05, 4.69) is 6.92 Å². The van der Waals surface area contributed by atoms with E-state index in [0.717, 1.165) is 6.42 Å². The second kappa shape index (κ2) is 18.7. The average Bonchev–Trinajstić information content (AvgIpc) is 2.50. The zero-order valence-electron chi connectivity index (χ0n) is 14.8. The summed E-state index contributed by atoms with van der Waals surface area (Å²) in [4.78, 5) is 10.5. The molecule has 130 valence electrons. The molecule has 0 amide bonds. The van der Waals surface area contributed by atoms with Crippen LogP contribution in [0.15, 0.2) is 12.2 Å². The second-order valence-electron chi connectivity index (χ2n) is 6.44. The highest BCUT2D eigenvalue weighted by atomic mass is 35.5. The molecule has 0 saturated carbocycles. The Labute approximate surface area is 143 Å². The van der Waals surface area contributed by atoms with Gasteiger partial charge in [0.05, 0.1) is 0 Å². The summed E-state index contributed by atoms with van der Waals surface area (Å²) in [5, 5.41) is -0.360. The van der Waals surface area contributed by atoms with Crippen LogP contribution in [0.25, 0.3) is 0 Å². The van der Waals surface area contributed by atoms with Gasteiger partial charge in [0.15, 0.2) is 0 Å². The van der Waals surface area contributed by atoms with E-state index in [1.807, 2.05) is 6.08 Å². The summed E-state index contributed by atoms with van der Waals surface area (Å²) in [6, 6.07) is 0. The number of carbonyl (C=O) groups is 1. The summed E-state index contributed by atoms with van der Waals surface area (Å²) in [5.41, 5.74) is 0. The molecule has 0 aromatic carbocycles. The third kappa shape index (κ3) is 19.7. The number of hydrogen-bond acceptors (Lipinski definition) is 1. The first kappa shape index (κ1) is 21.7. The molecule has 0 atom stereocenters. The molecular weight excluding hydrogens is 292 g/mol. The van der Waals surface area contributed by atoms with Crippen molar-refractivity contribution in [2.24, 2.45) is 0 Å². The van der Waals surface area contributed by atoms with Gasteiger partial charge in [0, 0.05) is 0 Å². The van der Waals surface area contributed by atoms with Gasteiger partial charge in [-0.05, 0) is 30.5 Å². The van der Waals surface area contributed by atoms with Gasteiger partial charge in [0.1, 0.15) is 0 Å². The first-order chi connectivity index (χ1) is 10.8. The lowest BCUT2D eigenvalue weighted by Crippen LogP contribution is -1.83. The van der Waals surface area contributed by atoms with Crippen LogP contribution in [0.4, 0.5) is 0 Å². The van der Waals surface area contributed by atoms with Crippen molar-refractivity contribution in [2.45, 2.75) is 110 Å². The van der Waals surface area contributed by atoms with Crippen molar-refractivity contribution in [3.05, 3.63) is 12.2 Å². The number of allylic oxidation sites excluding steroid dienone is 2. The van der Waals surface area contributed by atoms with E-state index in [-0.39, 0.29) is 5.24 Å². The van der Waals surface area contributed by atoms with E-state index in [1.165, 1.54) is 102 Å². The van der Waals surface area contributed by atoms with E-state index in [4.69, 9.17) is 11.6 Å². The minimum atomic E-state index is -0.360. The van der Waals surface area contributed by atoms with Crippen molar-refractivity contribution < 1.29 is 4.79 Å². The summed E-state index contributed by atoms with van der Waals surface area (Å²) in [6.45, 7) is 2.28. The van der Waals surface area contributed by atoms with Gasteiger partial charge in [-0.2, -0.15) is 0 Å². The first-order valence-electron chi connectivity index (χ1n) is 9.63. The zero-order valence-corrected chi connectivity index (χ0v) is 15.5. The number of carbonyl (C=O) groups excluding carboxylic acids is 1. The fraction of sp³-hybridized carbons (Fsp3) is 0.850. The van der Waals surface area contributed by atoms with Gasteiger partial charge >= 0.3 is 0 Å². The van der Waals surface area contributed by atoms with Crippen LogP contribution in [-0.4, -0.2) is 5.24 Å². The highest BCUT2D eigenvalue weighted by Gasteiger charge is 1.94. The third-order valence-electron chi connectivity index (χ3n) is 4.22. The van der Waals surface area contributed by atoms with Crippen LogP contribution in [0.2, 0.25) is 0 Å². The van der Waals surface area contributed by atoms with Crippen LogP contribution in [0.5, 0.6) is 0 Å². The monoisotopic (exact) mass is 328 g/mol. The summed E-state index contributed by atoms with van der Waals surface area (Å²) >= 11 is 5.22. The van der Waals surface area contributed by atoms with Crippen LogP contribution in [-0.2, 0) is 4.79 Å². The molecule has 2 heteroatoms. The van der Waals surface area contributed by atoms with Gasteiger partial charge in [0.2, 0.25) is 5.24 Å². The molecule has 0 heterocycles. The van der Waals surface area contributed by atoms with Crippen LogP contribution in [0.1, 0.15) is 110 Å². The lowest BCUT2D eigenvalue weighted by molar-refractivity contribution is -0.107. The van der Waals surface area contributed by atoms with Gasteiger partial charge < -0.3 is 0 Å². The molecule has 0 spiro atoms. The molecular formula is C20H37ClO. The molecule has 0 rings (SSSR count). The second-order valence-corrected chi connectivity index (χ2v) is 6.82. The molecule has 0 unspecified atom stereocenters. The maximum absolute atomic E-state index is 10.5. The topological polar surface area (TPSA) is 17.1 Å². The zero-order chi connectivity index (χ0) is 16.3. The van der Waals surface area contributed by atoms with Gasteiger partial charge in [0.25, 0.3) is 0 Å². The van der Waals surface area contributed by atoms with Crippen molar-refractivity contribution in [1.82, 2.24) is 0 Å². The van der Waals surface area contributed by atoms with E-state index in [0.29, 0.717) is 0 Å². The summed E-state index contributed by atoms with van der Waals surface area (Å²) in [7, 11) is 0. The minimum absolute atomic E-state index is 0.360. The molecule has 1 nitrogen and oxygen atoms in total. The summed E-state index contributed by atoms with van der Waals surface area (Å²) < 4.78 is 0. The molecule has 0 aliphatic rings. The van der Waals surface area contributed by atoms with Gasteiger partial charge in [-0.15, -0.1) is 0 Å². The Bertz CT molecular complexity index is 260. The Morgan fingerprint density at radius 2 is 1.05 bits per heavy atom. The smallest absolute Gasteiger partial charge is 0.244 e. The normalized spacial score (nSPS) is 11.4. The maximum Gasteiger partial charge on any atom is 0.244 e. The number of unbranched alkanes of at least 4 members (excludes halogenated alkanes) is 15. The summed E-state index contributed by atoms with van der Waals surface area (Å²) in [5.74, 6) is 0. The third-order valence-corrected chi connectivity index (χ3v) is 4.35. The Balaban J connectivity index is 3.01. The Morgan fingerprint density at radius 1 is 0.682 bits per heavy atom. The van der Waals surface area contributed by atoms with E-state index in [9.17, 15) is 4.79 Å². The van der Waals surface area contributed by atoms with E-state index >= 15 is 0 Å². The fourth-order valence-electron chi connectivity index (χ4n) is 2.81. The Kier molecular flexibility index (Phi) is 18.5. The van der Waals surface area contributed by atoms with Crippen molar-refractivity contribution >= 4 is 16.8 Å². The Morgan fingerprint density at radius 3 is 1.41 bits per heavy atom. The van der Waals surface area contributed by atoms with Crippen LogP contribution in [0.3, 0.4) is 0 Å². The van der Waals surface area contributed by atoms with Crippen molar-refractivity contribution in [2.75, 3.05) is 0 Å². The molecule has 0 aromatic heterocycles. The number of hydrogen-bond donors (Lipinski definition) is 0. The largest absolute Gasteiger partial charge is 0.276 e. The van der Waals surface area contributed by atoms with Gasteiger partial charge in [-0.25, -0.2) is 0 Å². The predicted molar refractivity (Wildman–Crippen MR) is 99.5 cm³/mol. The molecule has 22 heavy (non-hydrogen) atoms. The highest BCUT2D eigenvalue weighted by Crippen LogP contribution is 2.13. The SMILES string of the molecule is CCCCCCCCCCCCCCCCCC=CC(=O)Cl. The number of rotatable bonds is 17.